The van der Waals surface area contributed by atoms with Crippen molar-refractivity contribution in [3.63, 3.8) is 0 Å². The van der Waals surface area contributed by atoms with Crippen LogP contribution in [0, 0.1) is 22.9 Å². The van der Waals surface area contributed by atoms with Crippen molar-refractivity contribution in [2.75, 3.05) is 37.8 Å². The highest BCUT2D eigenvalue weighted by atomic mass is 15.2. The van der Waals surface area contributed by atoms with Crippen LogP contribution in [0.5, 0.6) is 0 Å². The molecule has 190 valence electrons. The summed E-state index contributed by atoms with van der Waals surface area (Å²) in [5.74, 6) is 1.82. The molecule has 1 unspecified atom stereocenters. The second-order valence-electron chi connectivity index (χ2n) is 10.2. The number of likely N-dealkylation sites (tertiary alicyclic amines) is 2. The van der Waals surface area contributed by atoms with Crippen LogP contribution in [0.1, 0.15) is 54.1 Å². The minimum atomic E-state index is -0.00913. The Hall–Kier alpha value is -4.56. The van der Waals surface area contributed by atoms with E-state index in [4.69, 9.17) is 4.98 Å². The van der Waals surface area contributed by atoms with Crippen LogP contribution >= 0.6 is 0 Å². The lowest BCUT2D eigenvalue weighted by atomic mass is 9.94. The zero-order valence-corrected chi connectivity index (χ0v) is 21.6. The molecule has 8 nitrogen and oxygen atoms in total. The minimum absolute atomic E-state index is 0.00913. The van der Waals surface area contributed by atoms with E-state index < -0.39 is 0 Å². The quantitative estimate of drug-likeness (QED) is 0.345. The van der Waals surface area contributed by atoms with Crippen LogP contribution in [-0.2, 0) is 0 Å². The van der Waals surface area contributed by atoms with Crippen LogP contribution in [0.25, 0.3) is 21.5 Å². The molecule has 2 aliphatic rings. The van der Waals surface area contributed by atoms with E-state index in [9.17, 15) is 10.5 Å². The Morgan fingerprint density at radius 3 is 2.29 bits per heavy atom. The first kappa shape index (κ1) is 23.8. The van der Waals surface area contributed by atoms with Crippen LogP contribution in [-0.4, -0.2) is 47.0 Å². The smallest absolute Gasteiger partial charge is 0.179 e. The fourth-order valence-corrected chi connectivity index (χ4v) is 6.22. The van der Waals surface area contributed by atoms with Gasteiger partial charge in [0.1, 0.15) is 11.6 Å². The molecular weight excluding hydrogens is 472 g/mol. The first-order valence-electron chi connectivity index (χ1n) is 13.1. The van der Waals surface area contributed by atoms with Gasteiger partial charge in [-0.05, 0) is 65.4 Å². The number of hydrogen-bond donors (Lipinski definition) is 2. The molecule has 2 aromatic heterocycles. The maximum atomic E-state index is 10.0. The summed E-state index contributed by atoms with van der Waals surface area (Å²) >= 11 is 0. The molecule has 0 aliphatic carbocycles. The van der Waals surface area contributed by atoms with Crippen molar-refractivity contribution in [1.29, 1.82) is 10.5 Å². The summed E-state index contributed by atoms with van der Waals surface area (Å²) in [6.07, 6.45) is 9.45. The summed E-state index contributed by atoms with van der Waals surface area (Å²) < 4.78 is 0. The molecule has 2 N–H and O–H groups in total. The Labute approximate surface area is 222 Å². The fraction of sp³-hybridized carbons (Fsp3) is 0.333. The Bertz CT molecular complexity index is 1600. The lowest BCUT2D eigenvalue weighted by molar-refractivity contribution is 0.373. The molecule has 3 atom stereocenters. The second kappa shape index (κ2) is 9.72. The molecule has 6 rings (SSSR count). The van der Waals surface area contributed by atoms with Gasteiger partial charge in [0.2, 0.25) is 0 Å². The number of anilines is 2. The average molecular weight is 503 g/mol. The van der Waals surface area contributed by atoms with Crippen LogP contribution in [0.3, 0.4) is 0 Å². The average Bonchev–Trinajstić information content (AvgIpc) is 3.63. The van der Waals surface area contributed by atoms with Gasteiger partial charge in [-0.15, -0.1) is 0 Å². The third-order valence-corrected chi connectivity index (χ3v) is 8.14. The van der Waals surface area contributed by atoms with Crippen molar-refractivity contribution in [2.24, 2.45) is 0 Å². The van der Waals surface area contributed by atoms with Gasteiger partial charge in [-0.2, -0.15) is 10.5 Å². The van der Waals surface area contributed by atoms with E-state index in [1.807, 2.05) is 36.2 Å². The Morgan fingerprint density at radius 1 is 0.842 bits per heavy atom. The molecule has 8 heteroatoms. The summed E-state index contributed by atoms with van der Waals surface area (Å²) in [5, 5.41) is 30.4. The van der Waals surface area contributed by atoms with Crippen molar-refractivity contribution in [1.82, 2.24) is 19.8 Å². The molecule has 0 amide bonds. The molecule has 2 fully saturated rings. The standard InChI is InChI=1S/C30H30N8/c1-33-29-24-7-6-21(12-19(24)9-10-35-29)28-15-23(16-38(28)18-32)26-14-22-13-20(27-4-3-11-37(27)17-31)5-8-25(22)30(34-2)36-26/h5-10,12-14,23,27-28H,3-4,11,15-16H2,1-2H3,(H,33,35)(H,34,36)/t23?,27-,28+/m1/s1. The van der Waals surface area contributed by atoms with E-state index in [0.29, 0.717) is 6.54 Å². The number of nitriles is 2. The number of nitrogens with zero attached hydrogens (tertiary/aromatic N) is 6. The minimum Gasteiger partial charge on any atom is -0.373 e. The first-order valence-corrected chi connectivity index (χ1v) is 13.1. The molecule has 4 heterocycles. The first-order chi connectivity index (χ1) is 18.6. The number of fused-ring (bicyclic) bond motifs is 2. The number of rotatable bonds is 5. The highest BCUT2D eigenvalue weighted by molar-refractivity contribution is 5.93. The van der Waals surface area contributed by atoms with Gasteiger partial charge in [-0.3, -0.25) is 0 Å². The Morgan fingerprint density at radius 2 is 1.55 bits per heavy atom. The van der Waals surface area contributed by atoms with Gasteiger partial charge in [0, 0.05) is 55.8 Å². The van der Waals surface area contributed by atoms with E-state index in [1.54, 1.807) is 0 Å². The lowest BCUT2D eigenvalue weighted by Crippen LogP contribution is -2.18. The van der Waals surface area contributed by atoms with E-state index >= 15 is 0 Å². The van der Waals surface area contributed by atoms with Gasteiger partial charge < -0.3 is 20.4 Å². The zero-order valence-electron chi connectivity index (χ0n) is 21.6. The van der Waals surface area contributed by atoms with Crippen molar-refractivity contribution in [3.8, 4) is 12.4 Å². The molecule has 2 saturated heterocycles. The van der Waals surface area contributed by atoms with Crippen molar-refractivity contribution < 1.29 is 0 Å². The third kappa shape index (κ3) is 3.99. The van der Waals surface area contributed by atoms with Crippen LogP contribution < -0.4 is 10.6 Å². The van der Waals surface area contributed by atoms with Crippen molar-refractivity contribution >= 4 is 33.2 Å². The van der Waals surface area contributed by atoms with Gasteiger partial charge in [-0.25, -0.2) is 9.97 Å². The van der Waals surface area contributed by atoms with Crippen LogP contribution in [0.15, 0.2) is 54.7 Å². The van der Waals surface area contributed by atoms with E-state index in [2.05, 4.69) is 70.5 Å². The van der Waals surface area contributed by atoms with Crippen molar-refractivity contribution in [3.05, 3.63) is 71.5 Å². The van der Waals surface area contributed by atoms with Gasteiger partial charge >= 0.3 is 0 Å². The van der Waals surface area contributed by atoms with Crippen LogP contribution in [0.2, 0.25) is 0 Å². The molecule has 0 spiro atoms. The number of hydrogen-bond acceptors (Lipinski definition) is 8. The SMILES string of the molecule is CNc1nccc2cc([C@@H]3CC(c4cc5cc([C@H]6CCCN6C#N)ccc5c(NC)n4)CN3C#N)ccc12. The summed E-state index contributed by atoms with van der Waals surface area (Å²) in [6.45, 7) is 1.45. The predicted octanol–water partition coefficient (Wildman–Crippen LogP) is 5.50. The molecule has 0 bridgehead atoms. The zero-order chi connectivity index (χ0) is 26.2. The monoisotopic (exact) mass is 502 g/mol. The summed E-state index contributed by atoms with van der Waals surface area (Å²) in [5.41, 5.74) is 3.29. The van der Waals surface area contributed by atoms with Crippen LogP contribution in [0.4, 0.5) is 11.6 Å². The van der Waals surface area contributed by atoms with E-state index in [-0.39, 0.29) is 18.0 Å². The Kier molecular flexibility index (Phi) is 6.09. The number of benzene rings is 2. The normalized spacial score (nSPS) is 21.0. The topological polar surface area (TPSA) is 104 Å². The van der Waals surface area contributed by atoms with Gasteiger partial charge in [0.15, 0.2) is 12.4 Å². The molecule has 2 aromatic carbocycles. The maximum absolute atomic E-state index is 10.0. The number of aromatic nitrogens is 2. The predicted molar refractivity (Wildman–Crippen MR) is 149 cm³/mol. The molecule has 4 aromatic rings. The lowest BCUT2D eigenvalue weighted by Gasteiger charge is -2.20. The molecule has 0 saturated carbocycles. The van der Waals surface area contributed by atoms with E-state index in [0.717, 1.165) is 70.2 Å². The Balaban J connectivity index is 1.35. The number of nitrogens with one attached hydrogen (secondary N) is 2. The number of pyridine rings is 2. The highest BCUT2D eigenvalue weighted by Gasteiger charge is 2.35. The summed E-state index contributed by atoms with van der Waals surface area (Å²) in [6, 6.07) is 17.2. The van der Waals surface area contributed by atoms with Gasteiger partial charge in [0.25, 0.3) is 0 Å². The van der Waals surface area contributed by atoms with E-state index in [1.165, 1.54) is 5.56 Å². The maximum Gasteiger partial charge on any atom is 0.179 e. The molecular formula is C30H30N8. The second-order valence-corrected chi connectivity index (χ2v) is 10.2. The van der Waals surface area contributed by atoms with Crippen molar-refractivity contribution in [2.45, 2.75) is 37.3 Å². The van der Waals surface area contributed by atoms with Gasteiger partial charge in [-0.1, -0.05) is 24.3 Å². The van der Waals surface area contributed by atoms with Gasteiger partial charge in [0.05, 0.1) is 12.1 Å². The summed E-state index contributed by atoms with van der Waals surface area (Å²) in [7, 11) is 3.77. The third-order valence-electron chi connectivity index (χ3n) is 8.14. The molecule has 2 aliphatic heterocycles. The highest BCUT2D eigenvalue weighted by Crippen LogP contribution is 2.42. The largest absolute Gasteiger partial charge is 0.373 e. The molecule has 0 radical (unpaired) electrons. The fourth-order valence-electron chi connectivity index (χ4n) is 6.22. The summed E-state index contributed by atoms with van der Waals surface area (Å²) in [4.78, 5) is 13.2. The molecule has 38 heavy (non-hydrogen) atoms.